The summed E-state index contributed by atoms with van der Waals surface area (Å²) in [6.07, 6.45) is 5.98. The van der Waals surface area contributed by atoms with Gasteiger partial charge in [-0.05, 0) is 37.0 Å². The van der Waals surface area contributed by atoms with Crippen LogP contribution in [0, 0.1) is 5.92 Å². The molecule has 1 aliphatic carbocycles. The maximum Gasteiger partial charge on any atom is 0.228 e. The Morgan fingerprint density at radius 1 is 1.04 bits per heavy atom. The fraction of sp³-hybridized carbons (Fsp3) is 0.435. The van der Waals surface area contributed by atoms with E-state index in [0.29, 0.717) is 19.5 Å². The Morgan fingerprint density at radius 2 is 1.82 bits per heavy atom. The first-order valence-corrected chi connectivity index (χ1v) is 10.2. The third-order valence-corrected chi connectivity index (χ3v) is 6.06. The van der Waals surface area contributed by atoms with Gasteiger partial charge in [-0.15, -0.1) is 0 Å². The lowest BCUT2D eigenvalue weighted by Gasteiger charge is -2.40. The highest BCUT2D eigenvalue weighted by Crippen LogP contribution is 2.31. The van der Waals surface area contributed by atoms with Crippen LogP contribution in [0.1, 0.15) is 42.9 Å². The number of rotatable bonds is 5. The molecule has 2 amide bonds. The van der Waals surface area contributed by atoms with Crippen LogP contribution in [0.5, 0.6) is 0 Å². The number of nitrogens with one attached hydrogen (secondary N) is 1. The summed E-state index contributed by atoms with van der Waals surface area (Å²) in [6, 6.07) is 15.9. The monoisotopic (exact) mass is 377 g/mol. The van der Waals surface area contributed by atoms with Crippen LogP contribution in [0.3, 0.4) is 0 Å². The van der Waals surface area contributed by atoms with Gasteiger partial charge < -0.3 is 10.2 Å². The van der Waals surface area contributed by atoms with Gasteiger partial charge in [0.15, 0.2) is 0 Å². The Labute approximate surface area is 166 Å². The van der Waals surface area contributed by atoms with E-state index in [1.807, 2.05) is 41.3 Å². The minimum absolute atomic E-state index is 0.0445. The number of carbonyl (C=O) groups is 2. The standard InChI is InChI=1S/C23H27N3O2/c27-22(15-19-11-4-5-13-24-19)26-14-12-20(17-7-2-1-3-8-17)21(16-26)25-23(28)18-9-6-10-18/h1-5,7-8,11,13,18,20-21H,6,9-10,12,14-16H2,(H,25,28)/t20-,21-/m0/s1. The van der Waals surface area contributed by atoms with Crippen molar-refractivity contribution in [1.29, 1.82) is 0 Å². The van der Waals surface area contributed by atoms with E-state index in [0.717, 1.165) is 31.4 Å². The largest absolute Gasteiger partial charge is 0.351 e. The second kappa shape index (κ2) is 8.55. The van der Waals surface area contributed by atoms with Gasteiger partial charge in [0.2, 0.25) is 11.8 Å². The molecule has 2 aromatic rings. The quantitative estimate of drug-likeness (QED) is 0.871. The van der Waals surface area contributed by atoms with Crippen molar-refractivity contribution >= 4 is 11.8 Å². The third kappa shape index (κ3) is 4.24. The second-order valence-electron chi connectivity index (χ2n) is 7.89. The van der Waals surface area contributed by atoms with Gasteiger partial charge in [0, 0.05) is 36.8 Å². The summed E-state index contributed by atoms with van der Waals surface area (Å²) in [5, 5.41) is 3.27. The average Bonchev–Trinajstić information content (AvgIpc) is 2.68. The zero-order chi connectivity index (χ0) is 19.3. The lowest BCUT2D eigenvalue weighted by molar-refractivity contribution is -0.134. The van der Waals surface area contributed by atoms with E-state index in [-0.39, 0.29) is 29.7 Å². The van der Waals surface area contributed by atoms with Gasteiger partial charge in [0.05, 0.1) is 12.5 Å². The Bertz CT molecular complexity index is 805. The van der Waals surface area contributed by atoms with Crippen LogP contribution in [-0.2, 0) is 16.0 Å². The fourth-order valence-corrected chi connectivity index (χ4v) is 4.16. The van der Waals surface area contributed by atoms with Crippen molar-refractivity contribution in [3.05, 3.63) is 66.0 Å². The number of carbonyl (C=O) groups excluding carboxylic acids is 2. The first-order valence-electron chi connectivity index (χ1n) is 10.2. The molecule has 1 saturated heterocycles. The van der Waals surface area contributed by atoms with Gasteiger partial charge in [-0.2, -0.15) is 0 Å². The molecule has 1 aliphatic heterocycles. The number of benzene rings is 1. The van der Waals surface area contributed by atoms with Gasteiger partial charge >= 0.3 is 0 Å². The summed E-state index contributed by atoms with van der Waals surface area (Å²) in [7, 11) is 0. The molecule has 1 N–H and O–H groups in total. The molecule has 0 spiro atoms. The van der Waals surface area contributed by atoms with Crippen LogP contribution in [0.15, 0.2) is 54.7 Å². The van der Waals surface area contributed by atoms with Gasteiger partial charge in [-0.25, -0.2) is 0 Å². The zero-order valence-electron chi connectivity index (χ0n) is 16.1. The number of hydrogen-bond acceptors (Lipinski definition) is 3. The van der Waals surface area contributed by atoms with E-state index in [9.17, 15) is 9.59 Å². The molecule has 4 rings (SSSR count). The molecule has 0 bridgehead atoms. The highest BCUT2D eigenvalue weighted by molar-refractivity contribution is 5.81. The maximum absolute atomic E-state index is 12.8. The summed E-state index contributed by atoms with van der Waals surface area (Å²) in [5.74, 6) is 0.615. The van der Waals surface area contributed by atoms with E-state index in [1.54, 1.807) is 6.20 Å². The van der Waals surface area contributed by atoms with Crippen molar-refractivity contribution in [2.24, 2.45) is 5.92 Å². The highest BCUT2D eigenvalue weighted by atomic mass is 16.2. The van der Waals surface area contributed by atoms with Gasteiger partial charge in [-0.3, -0.25) is 14.6 Å². The van der Waals surface area contributed by atoms with E-state index >= 15 is 0 Å². The number of hydrogen-bond donors (Lipinski definition) is 1. The van der Waals surface area contributed by atoms with Crippen LogP contribution in [0.25, 0.3) is 0 Å². The van der Waals surface area contributed by atoms with E-state index in [4.69, 9.17) is 0 Å². The molecule has 0 unspecified atom stereocenters. The summed E-state index contributed by atoms with van der Waals surface area (Å²) in [5.41, 5.74) is 2.02. The van der Waals surface area contributed by atoms with Crippen LogP contribution in [-0.4, -0.2) is 40.8 Å². The van der Waals surface area contributed by atoms with Gasteiger partial charge in [-0.1, -0.05) is 42.8 Å². The number of likely N-dealkylation sites (tertiary alicyclic amines) is 1. The molecule has 0 radical (unpaired) electrons. The third-order valence-electron chi connectivity index (χ3n) is 6.06. The number of piperidine rings is 1. The lowest BCUT2D eigenvalue weighted by atomic mass is 9.82. The van der Waals surface area contributed by atoms with Crippen LogP contribution in [0.4, 0.5) is 0 Å². The Morgan fingerprint density at radius 3 is 2.50 bits per heavy atom. The molecule has 5 heteroatoms. The van der Waals surface area contributed by atoms with Gasteiger partial charge in [0.25, 0.3) is 0 Å². The van der Waals surface area contributed by atoms with Gasteiger partial charge in [0.1, 0.15) is 0 Å². The number of nitrogens with zero attached hydrogens (tertiary/aromatic N) is 2. The summed E-state index contributed by atoms with van der Waals surface area (Å²) >= 11 is 0. The number of pyridine rings is 1. The molecule has 146 valence electrons. The molecular formula is C23H27N3O2. The normalized spacial score (nSPS) is 22.4. The molecule has 2 aliphatic rings. The van der Waals surface area contributed by atoms with Crippen molar-refractivity contribution in [2.45, 2.75) is 44.1 Å². The molecule has 2 fully saturated rings. The highest BCUT2D eigenvalue weighted by Gasteiger charge is 2.35. The molecule has 28 heavy (non-hydrogen) atoms. The van der Waals surface area contributed by atoms with E-state index in [1.165, 1.54) is 5.56 Å². The Kier molecular flexibility index (Phi) is 5.70. The lowest BCUT2D eigenvalue weighted by Crippen LogP contribution is -2.54. The summed E-state index contributed by atoms with van der Waals surface area (Å²) in [6.45, 7) is 1.27. The maximum atomic E-state index is 12.8. The summed E-state index contributed by atoms with van der Waals surface area (Å²) in [4.78, 5) is 31.6. The van der Waals surface area contributed by atoms with Crippen molar-refractivity contribution in [3.63, 3.8) is 0 Å². The average molecular weight is 377 g/mol. The summed E-state index contributed by atoms with van der Waals surface area (Å²) < 4.78 is 0. The first-order chi connectivity index (χ1) is 13.7. The molecule has 5 nitrogen and oxygen atoms in total. The molecular weight excluding hydrogens is 350 g/mol. The van der Waals surface area contributed by atoms with E-state index in [2.05, 4.69) is 22.4 Å². The molecule has 1 aromatic heterocycles. The number of amides is 2. The van der Waals surface area contributed by atoms with E-state index < -0.39 is 0 Å². The smallest absolute Gasteiger partial charge is 0.228 e. The van der Waals surface area contributed by atoms with Crippen LogP contribution >= 0.6 is 0 Å². The minimum Gasteiger partial charge on any atom is -0.351 e. The Balaban J connectivity index is 1.47. The van der Waals surface area contributed by atoms with Crippen molar-refractivity contribution in [1.82, 2.24) is 15.2 Å². The minimum atomic E-state index is -0.0445. The number of aromatic nitrogens is 1. The molecule has 2 atom stereocenters. The fourth-order valence-electron chi connectivity index (χ4n) is 4.16. The van der Waals surface area contributed by atoms with Crippen LogP contribution < -0.4 is 5.32 Å². The first kappa shape index (κ1) is 18.7. The second-order valence-corrected chi connectivity index (χ2v) is 7.89. The predicted molar refractivity (Wildman–Crippen MR) is 108 cm³/mol. The predicted octanol–water partition coefficient (Wildman–Crippen LogP) is 2.93. The Hall–Kier alpha value is -2.69. The van der Waals surface area contributed by atoms with Crippen LogP contribution in [0.2, 0.25) is 0 Å². The topological polar surface area (TPSA) is 62.3 Å². The zero-order valence-corrected chi connectivity index (χ0v) is 16.1. The molecule has 1 aromatic carbocycles. The molecule has 1 saturated carbocycles. The van der Waals surface area contributed by atoms with Crippen molar-refractivity contribution < 1.29 is 9.59 Å². The van der Waals surface area contributed by atoms with Crippen molar-refractivity contribution in [3.8, 4) is 0 Å². The molecule has 2 heterocycles. The SMILES string of the molecule is O=C(N[C@H]1CN(C(=O)Cc2ccccn2)CC[C@H]1c1ccccc1)C1CCC1. The van der Waals surface area contributed by atoms with Crippen molar-refractivity contribution in [2.75, 3.05) is 13.1 Å².